The number of anilines is 2. The molecule has 22 heavy (non-hydrogen) atoms. The normalized spacial score (nSPS) is 10.5. The van der Waals surface area contributed by atoms with Crippen molar-refractivity contribution in [3.05, 3.63) is 71.9 Å². The van der Waals surface area contributed by atoms with E-state index in [1.165, 1.54) is 0 Å². The van der Waals surface area contributed by atoms with Gasteiger partial charge in [0.2, 0.25) is 0 Å². The number of hydrogen-bond donors (Lipinski definition) is 1. The molecule has 0 saturated heterocycles. The summed E-state index contributed by atoms with van der Waals surface area (Å²) < 4.78 is 0. The Morgan fingerprint density at radius 2 is 1.55 bits per heavy atom. The smallest absolute Gasteiger partial charge is 0.161 e. The molecule has 0 bridgehead atoms. The minimum Gasteiger partial charge on any atom is -0.340 e. The maximum absolute atomic E-state index is 6.08. The summed E-state index contributed by atoms with van der Waals surface area (Å²) in [6.45, 7) is 1.96. The number of nitrogens with zero attached hydrogens (tertiary/aromatic N) is 2. The topological polar surface area (TPSA) is 37.8 Å². The van der Waals surface area contributed by atoms with E-state index in [0.717, 1.165) is 28.3 Å². The summed E-state index contributed by atoms with van der Waals surface area (Å²) >= 11 is 6.08. The third kappa shape index (κ3) is 3.10. The maximum atomic E-state index is 6.08. The molecule has 0 aliphatic heterocycles. The molecule has 0 radical (unpaired) electrons. The standard InChI is InChI=1S/C18H16ClN3/c1-13-16(12-19)18(21-15-10-6-3-7-11-15)22-17(20-13)14-8-4-2-5-9-14/h2-11H,12H2,1H3,(H,20,21,22). The van der Waals surface area contributed by atoms with Crippen LogP contribution in [0, 0.1) is 6.92 Å². The highest BCUT2D eigenvalue weighted by Crippen LogP contribution is 2.26. The largest absolute Gasteiger partial charge is 0.340 e. The number of para-hydroxylation sites is 1. The average Bonchev–Trinajstić information content (AvgIpc) is 2.56. The van der Waals surface area contributed by atoms with E-state index in [1.807, 2.05) is 67.6 Å². The SMILES string of the molecule is Cc1nc(-c2ccccc2)nc(Nc2ccccc2)c1CCl. The Bertz CT molecular complexity index is 758. The molecule has 0 unspecified atom stereocenters. The zero-order chi connectivity index (χ0) is 15.4. The van der Waals surface area contributed by atoms with Gasteiger partial charge in [-0.1, -0.05) is 48.5 Å². The fraction of sp³-hybridized carbons (Fsp3) is 0.111. The van der Waals surface area contributed by atoms with E-state index in [-0.39, 0.29) is 0 Å². The van der Waals surface area contributed by atoms with Crippen molar-refractivity contribution < 1.29 is 0 Å². The number of nitrogens with one attached hydrogen (secondary N) is 1. The molecule has 0 fully saturated rings. The first-order valence-electron chi connectivity index (χ1n) is 7.09. The number of alkyl halides is 1. The van der Waals surface area contributed by atoms with E-state index < -0.39 is 0 Å². The first-order valence-corrected chi connectivity index (χ1v) is 7.62. The Kier molecular flexibility index (Phi) is 4.35. The molecule has 1 N–H and O–H groups in total. The van der Waals surface area contributed by atoms with Crippen LogP contribution in [0.2, 0.25) is 0 Å². The Morgan fingerprint density at radius 1 is 0.909 bits per heavy atom. The lowest BCUT2D eigenvalue weighted by Gasteiger charge is -2.13. The molecule has 3 aromatic rings. The summed E-state index contributed by atoms with van der Waals surface area (Å²) in [4.78, 5) is 9.24. The van der Waals surface area contributed by atoms with Gasteiger partial charge in [0, 0.05) is 22.5 Å². The third-order valence-electron chi connectivity index (χ3n) is 3.42. The zero-order valence-electron chi connectivity index (χ0n) is 12.3. The van der Waals surface area contributed by atoms with Crippen LogP contribution in [0.15, 0.2) is 60.7 Å². The van der Waals surface area contributed by atoms with Crippen LogP contribution < -0.4 is 5.32 Å². The minimum atomic E-state index is 0.371. The third-order valence-corrected chi connectivity index (χ3v) is 3.68. The molecule has 3 rings (SSSR count). The van der Waals surface area contributed by atoms with Gasteiger partial charge in [-0.3, -0.25) is 0 Å². The van der Waals surface area contributed by atoms with Crippen molar-refractivity contribution in [2.45, 2.75) is 12.8 Å². The molecule has 0 saturated carbocycles. The van der Waals surface area contributed by atoms with Crippen LogP contribution in [0.3, 0.4) is 0 Å². The van der Waals surface area contributed by atoms with Crippen molar-refractivity contribution in [2.75, 3.05) is 5.32 Å². The predicted octanol–water partition coefficient (Wildman–Crippen LogP) is 4.93. The van der Waals surface area contributed by atoms with Gasteiger partial charge in [-0.15, -0.1) is 11.6 Å². The molecular weight excluding hydrogens is 294 g/mol. The van der Waals surface area contributed by atoms with Crippen LogP contribution in [0.5, 0.6) is 0 Å². The molecule has 2 aromatic carbocycles. The van der Waals surface area contributed by atoms with Gasteiger partial charge in [-0.05, 0) is 19.1 Å². The first kappa shape index (κ1) is 14.5. The van der Waals surface area contributed by atoms with Crippen LogP contribution >= 0.6 is 11.6 Å². The van der Waals surface area contributed by atoms with E-state index in [1.54, 1.807) is 0 Å². The highest BCUT2D eigenvalue weighted by atomic mass is 35.5. The maximum Gasteiger partial charge on any atom is 0.161 e. The van der Waals surface area contributed by atoms with Crippen molar-refractivity contribution >= 4 is 23.1 Å². The monoisotopic (exact) mass is 309 g/mol. The van der Waals surface area contributed by atoms with Crippen molar-refractivity contribution in [1.29, 1.82) is 0 Å². The van der Waals surface area contributed by atoms with Crippen molar-refractivity contribution in [2.24, 2.45) is 0 Å². The Morgan fingerprint density at radius 3 is 2.18 bits per heavy atom. The Labute approximate surface area is 135 Å². The minimum absolute atomic E-state index is 0.371. The van der Waals surface area contributed by atoms with Crippen LogP contribution in [-0.4, -0.2) is 9.97 Å². The van der Waals surface area contributed by atoms with Gasteiger partial charge in [0.15, 0.2) is 5.82 Å². The highest BCUT2D eigenvalue weighted by Gasteiger charge is 2.12. The summed E-state index contributed by atoms with van der Waals surface area (Å²) in [7, 11) is 0. The predicted molar refractivity (Wildman–Crippen MR) is 91.5 cm³/mol. The number of hydrogen-bond acceptors (Lipinski definition) is 3. The Hall–Kier alpha value is -2.39. The lowest BCUT2D eigenvalue weighted by molar-refractivity contribution is 1.06. The average molecular weight is 310 g/mol. The molecule has 110 valence electrons. The van der Waals surface area contributed by atoms with Gasteiger partial charge >= 0.3 is 0 Å². The molecule has 1 heterocycles. The molecule has 0 amide bonds. The number of halogens is 1. The summed E-state index contributed by atoms with van der Waals surface area (Å²) in [6, 6.07) is 19.9. The fourth-order valence-electron chi connectivity index (χ4n) is 2.23. The second kappa shape index (κ2) is 6.58. The van der Waals surface area contributed by atoms with Crippen molar-refractivity contribution in [1.82, 2.24) is 9.97 Å². The van der Waals surface area contributed by atoms with Crippen molar-refractivity contribution in [3.63, 3.8) is 0 Å². The second-order valence-corrected chi connectivity index (χ2v) is 5.22. The van der Waals surface area contributed by atoms with E-state index in [0.29, 0.717) is 11.7 Å². The lowest BCUT2D eigenvalue weighted by Crippen LogP contribution is -2.04. The van der Waals surface area contributed by atoms with Crippen LogP contribution in [0.1, 0.15) is 11.3 Å². The van der Waals surface area contributed by atoms with Gasteiger partial charge in [0.25, 0.3) is 0 Å². The van der Waals surface area contributed by atoms with Crippen LogP contribution in [0.25, 0.3) is 11.4 Å². The first-order chi connectivity index (χ1) is 10.8. The van der Waals surface area contributed by atoms with E-state index in [2.05, 4.69) is 15.3 Å². The van der Waals surface area contributed by atoms with E-state index >= 15 is 0 Å². The number of aryl methyl sites for hydroxylation is 1. The summed E-state index contributed by atoms with van der Waals surface area (Å²) in [6.07, 6.45) is 0. The lowest BCUT2D eigenvalue weighted by atomic mass is 10.2. The van der Waals surface area contributed by atoms with Crippen molar-refractivity contribution in [3.8, 4) is 11.4 Å². The molecule has 1 aromatic heterocycles. The zero-order valence-corrected chi connectivity index (χ0v) is 13.0. The number of rotatable bonds is 4. The van der Waals surface area contributed by atoms with E-state index in [4.69, 9.17) is 11.6 Å². The number of aromatic nitrogens is 2. The highest BCUT2D eigenvalue weighted by molar-refractivity contribution is 6.17. The van der Waals surface area contributed by atoms with Crippen LogP contribution in [0.4, 0.5) is 11.5 Å². The van der Waals surface area contributed by atoms with E-state index in [9.17, 15) is 0 Å². The van der Waals surface area contributed by atoms with Gasteiger partial charge in [0.1, 0.15) is 5.82 Å². The van der Waals surface area contributed by atoms with Gasteiger partial charge in [0.05, 0.1) is 5.88 Å². The van der Waals surface area contributed by atoms with Gasteiger partial charge in [-0.25, -0.2) is 9.97 Å². The Balaban J connectivity index is 2.05. The molecular formula is C18H16ClN3. The second-order valence-electron chi connectivity index (χ2n) is 4.95. The molecule has 3 nitrogen and oxygen atoms in total. The molecule has 4 heteroatoms. The summed E-state index contributed by atoms with van der Waals surface area (Å²) in [5.74, 6) is 1.83. The van der Waals surface area contributed by atoms with Gasteiger partial charge < -0.3 is 5.32 Å². The summed E-state index contributed by atoms with van der Waals surface area (Å²) in [5.41, 5.74) is 3.78. The van der Waals surface area contributed by atoms with Crippen LogP contribution in [-0.2, 0) is 5.88 Å². The molecule has 0 atom stereocenters. The van der Waals surface area contributed by atoms with Gasteiger partial charge in [-0.2, -0.15) is 0 Å². The molecule has 0 aliphatic carbocycles. The number of benzene rings is 2. The summed E-state index contributed by atoms with van der Waals surface area (Å²) in [5, 5.41) is 3.34. The molecule has 0 aliphatic rings. The molecule has 0 spiro atoms. The fourth-order valence-corrected chi connectivity index (χ4v) is 2.55. The quantitative estimate of drug-likeness (QED) is 0.694.